The number of benzene rings is 2. The van der Waals surface area contributed by atoms with Gasteiger partial charge in [0.1, 0.15) is 0 Å². The quantitative estimate of drug-likeness (QED) is 0.489. The Morgan fingerprint density at radius 1 is 1.06 bits per heavy atom. The molecule has 0 spiro atoms. The van der Waals surface area contributed by atoms with Crippen molar-refractivity contribution in [2.45, 2.75) is 19.8 Å². The van der Waals surface area contributed by atoms with Crippen LogP contribution >= 0.6 is 0 Å². The summed E-state index contributed by atoms with van der Waals surface area (Å²) in [5.74, 6) is -2.29. The third-order valence-electron chi connectivity index (χ3n) is 4.17. The molecule has 3 rings (SSSR count). The average Bonchev–Trinajstić information content (AvgIpc) is 3.12. The lowest BCUT2D eigenvalue weighted by Gasteiger charge is -2.26. The summed E-state index contributed by atoms with van der Waals surface area (Å²) in [5, 5.41) is 13.4. The van der Waals surface area contributed by atoms with Gasteiger partial charge in [-0.1, -0.05) is 6.07 Å². The first-order chi connectivity index (χ1) is 14.7. The number of alkyl halides is 4. The zero-order valence-corrected chi connectivity index (χ0v) is 16.1. The van der Waals surface area contributed by atoms with Crippen LogP contribution in [0.5, 0.6) is 11.5 Å². The number of anilines is 2. The summed E-state index contributed by atoms with van der Waals surface area (Å²) in [4.78, 5) is 13.0. The van der Waals surface area contributed by atoms with Crippen LogP contribution in [0.4, 0.5) is 28.9 Å². The van der Waals surface area contributed by atoms with Crippen LogP contribution in [0.1, 0.15) is 15.9 Å². The minimum absolute atomic E-state index is 0.00962. The number of aryl methyl sites for hydroxylation is 1. The van der Waals surface area contributed by atoms with E-state index in [1.165, 1.54) is 24.3 Å². The second-order valence-corrected chi connectivity index (χ2v) is 6.35. The van der Waals surface area contributed by atoms with Gasteiger partial charge in [-0.25, -0.2) is 4.79 Å². The molecule has 0 saturated carbocycles. The number of hydrogen-bond acceptors (Lipinski definition) is 5. The third-order valence-corrected chi connectivity index (χ3v) is 4.17. The molecule has 0 amide bonds. The molecule has 0 unspecified atom stereocenters. The first-order valence-electron chi connectivity index (χ1n) is 8.85. The molecule has 7 nitrogen and oxygen atoms in total. The smallest absolute Gasteiger partial charge is 0.387 e. The SMILES string of the molecule is Cn1cc(CN(c2cccc(C(=O)O)c2)c2ccc(OC(F)F)c(OC(F)F)c2)cn1. The number of rotatable bonds is 9. The lowest BCUT2D eigenvalue weighted by atomic mass is 10.1. The molecular formula is C20H17F4N3O4. The first-order valence-corrected chi connectivity index (χ1v) is 8.85. The van der Waals surface area contributed by atoms with E-state index >= 15 is 0 Å². The molecule has 1 N–H and O–H groups in total. The Labute approximate surface area is 174 Å². The predicted molar refractivity (Wildman–Crippen MR) is 102 cm³/mol. The molecule has 3 aromatic rings. The van der Waals surface area contributed by atoms with Crippen LogP contribution in [0, 0.1) is 0 Å². The van der Waals surface area contributed by atoms with Gasteiger partial charge in [0.05, 0.1) is 18.3 Å². The van der Waals surface area contributed by atoms with Gasteiger partial charge in [0.25, 0.3) is 0 Å². The minimum atomic E-state index is -3.27. The van der Waals surface area contributed by atoms with Crippen molar-refractivity contribution in [1.82, 2.24) is 9.78 Å². The van der Waals surface area contributed by atoms with Gasteiger partial charge in [-0.15, -0.1) is 0 Å². The van der Waals surface area contributed by atoms with Crippen LogP contribution in [0.2, 0.25) is 0 Å². The molecule has 2 aromatic carbocycles. The van der Waals surface area contributed by atoms with E-state index < -0.39 is 30.7 Å². The van der Waals surface area contributed by atoms with Crippen LogP contribution in [0.25, 0.3) is 0 Å². The van der Waals surface area contributed by atoms with E-state index in [1.54, 1.807) is 35.1 Å². The van der Waals surface area contributed by atoms with Crippen molar-refractivity contribution in [3.05, 3.63) is 66.0 Å². The lowest BCUT2D eigenvalue weighted by Crippen LogP contribution is -2.17. The predicted octanol–water partition coefficient (Wildman–Crippen LogP) is 4.66. The van der Waals surface area contributed by atoms with Crippen molar-refractivity contribution in [1.29, 1.82) is 0 Å². The molecule has 0 aliphatic heterocycles. The maximum absolute atomic E-state index is 12.8. The van der Waals surface area contributed by atoms with E-state index in [-0.39, 0.29) is 17.8 Å². The van der Waals surface area contributed by atoms with Crippen LogP contribution in [-0.4, -0.2) is 34.1 Å². The molecule has 0 atom stereocenters. The van der Waals surface area contributed by atoms with Crippen molar-refractivity contribution >= 4 is 17.3 Å². The van der Waals surface area contributed by atoms with Gasteiger partial charge in [0.2, 0.25) is 0 Å². The molecule has 0 aliphatic rings. The Morgan fingerprint density at radius 2 is 1.74 bits per heavy atom. The first kappa shape index (κ1) is 21.9. The topological polar surface area (TPSA) is 76.8 Å². The summed E-state index contributed by atoms with van der Waals surface area (Å²) >= 11 is 0. The van der Waals surface area contributed by atoms with E-state index in [1.807, 2.05) is 0 Å². The summed E-state index contributed by atoms with van der Waals surface area (Å²) in [5.41, 5.74) is 1.45. The van der Waals surface area contributed by atoms with E-state index in [0.29, 0.717) is 5.69 Å². The highest BCUT2D eigenvalue weighted by atomic mass is 19.3. The molecule has 164 valence electrons. The van der Waals surface area contributed by atoms with Gasteiger partial charge in [-0.05, 0) is 30.3 Å². The van der Waals surface area contributed by atoms with Crippen LogP contribution in [-0.2, 0) is 13.6 Å². The minimum Gasteiger partial charge on any atom is -0.478 e. The normalized spacial score (nSPS) is 11.1. The molecule has 0 bridgehead atoms. The fraction of sp³-hybridized carbons (Fsp3) is 0.200. The third kappa shape index (κ3) is 5.65. The van der Waals surface area contributed by atoms with Gasteiger partial charge in [-0.3, -0.25) is 4.68 Å². The molecule has 0 aliphatic carbocycles. The van der Waals surface area contributed by atoms with Gasteiger partial charge >= 0.3 is 19.2 Å². The van der Waals surface area contributed by atoms with E-state index in [4.69, 9.17) is 0 Å². The molecular weight excluding hydrogens is 422 g/mol. The average molecular weight is 439 g/mol. The fourth-order valence-corrected chi connectivity index (χ4v) is 2.92. The Bertz CT molecular complexity index is 1060. The molecule has 1 heterocycles. The number of carbonyl (C=O) groups is 1. The highest BCUT2D eigenvalue weighted by molar-refractivity contribution is 5.89. The Kier molecular flexibility index (Phi) is 6.63. The zero-order valence-electron chi connectivity index (χ0n) is 16.1. The van der Waals surface area contributed by atoms with Gasteiger partial charge < -0.3 is 19.5 Å². The van der Waals surface area contributed by atoms with Crippen LogP contribution < -0.4 is 14.4 Å². The van der Waals surface area contributed by atoms with Gasteiger partial charge in [-0.2, -0.15) is 22.7 Å². The van der Waals surface area contributed by atoms with E-state index in [2.05, 4.69) is 14.6 Å². The van der Waals surface area contributed by atoms with Crippen molar-refractivity contribution < 1.29 is 36.9 Å². The number of carboxylic acid groups (broad SMARTS) is 1. The Morgan fingerprint density at radius 3 is 2.35 bits per heavy atom. The standard InChI is InChI=1S/C20H17F4N3O4/c1-26-10-12(9-25-26)11-27(14-4-2-3-13(7-14)18(28)29)15-5-6-16(30-19(21)22)17(8-15)31-20(23)24/h2-10,19-20H,11H2,1H3,(H,28,29). The monoisotopic (exact) mass is 439 g/mol. The molecule has 31 heavy (non-hydrogen) atoms. The molecule has 0 saturated heterocycles. The largest absolute Gasteiger partial charge is 0.478 e. The summed E-state index contributed by atoms with van der Waals surface area (Å²) in [6, 6.07) is 9.53. The van der Waals surface area contributed by atoms with Gasteiger partial charge in [0, 0.05) is 36.2 Å². The summed E-state index contributed by atoms with van der Waals surface area (Å²) in [6.07, 6.45) is 3.30. The number of aromatic nitrogens is 2. The second-order valence-electron chi connectivity index (χ2n) is 6.35. The van der Waals surface area contributed by atoms with Crippen molar-refractivity contribution in [2.24, 2.45) is 7.05 Å². The highest BCUT2D eigenvalue weighted by Gasteiger charge is 2.19. The maximum atomic E-state index is 12.8. The molecule has 0 fully saturated rings. The number of aromatic carboxylic acids is 1. The van der Waals surface area contributed by atoms with E-state index in [0.717, 1.165) is 17.7 Å². The number of hydrogen-bond donors (Lipinski definition) is 1. The Balaban J connectivity index is 2.07. The lowest BCUT2D eigenvalue weighted by molar-refractivity contribution is -0.0692. The zero-order chi connectivity index (χ0) is 22.5. The summed E-state index contributed by atoms with van der Waals surface area (Å²) < 4.78 is 61.1. The second kappa shape index (κ2) is 9.37. The number of nitrogens with zero attached hydrogens (tertiary/aromatic N) is 3. The van der Waals surface area contributed by atoms with Crippen molar-refractivity contribution in [3.63, 3.8) is 0 Å². The van der Waals surface area contributed by atoms with Crippen molar-refractivity contribution in [2.75, 3.05) is 4.90 Å². The molecule has 1 aromatic heterocycles. The molecule has 11 heteroatoms. The van der Waals surface area contributed by atoms with E-state index in [9.17, 15) is 27.5 Å². The van der Waals surface area contributed by atoms with Crippen molar-refractivity contribution in [3.8, 4) is 11.5 Å². The number of carboxylic acids is 1. The summed E-state index contributed by atoms with van der Waals surface area (Å²) in [7, 11) is 1.71. The maximum Gasteiger partial charge on any atom is 0.387 e. The summed E-state index contributed by atoms with van der Waals surface area (Å²) in [6.45, 7) is -6.32. The van der Waals surface area contributed by atoms with Crippen LogP contribution in [0.3, 0.4) is 0 Å². The fourth-order valence-electron chi connectivity index (χ4n) is 2.92. The van der Waals surface area contributed by atoms with Crippen LogP contribution in [0.15, 0.2) is 54.9 Å². The highest BCUT2D eigenvalue weighted by Crippen LogP contribution is 2.37. The number of halogens is 4. The molecule has 0 radical (unpaired) electrons. The Hall–Kier alpha value is -3.76. The van der Waals surface area contributed by atoms with Gasteiger partial charge in [0.15, 0.2) is 11.5 Å². The number of ether oxygens (including phenoxy) is 2.